The van der Waals surface area contributed by atoms with E-state index >= 15 is 0 Å². The molecule has 3 nitrogen and oxygen atoms in total. The number of alkyl halides is 1. The molecule has 1 aromatic rings. The van der Waals surface area contributed by atoms with Crippen LogP contribution in [0, 0.1) is 5.82 Å². The maximum Gasteiger partial charge on any atom is 0.235 e. The zero-order valence-corrected chi connectivity index (χ0v) is 10.6. The molecule has 0 saturated carbocycles. The molecular formula is C12H15ClFNO2. The summed E-state index contributed by atoms with van der Waals surface area (Å²) in [5.41, 5.74) is 0.768. The molecule has 0 aliphatic carbocycles. The predicted octanol–water partition coefficient (Wildman–Crippen LogP) is 2.12. The van der Waals surface area contributed by atoms with Gasteiger partial charge in [0.25, 0.3) is 0 Å². The number of methoxy groups -OCH3 is 1. The van der Waals surface area contributed by atoms with Gasteiger partial charge >= 0.3 is 0 Å². The van der Waals surface area contributed by atoms with E-state index in [0.29, 0.717) is 12.2 Å². The average Bonchev–Trinajstić information content (AvgIpc) is 2.27. The minimum absolute atomic E-state index is 0.0726. The molecule has 5 heteroatoms. The quantitative estimate of drug-likeness (QED) is 0.823. The third kappa shape index (κ3) is 4.61. The first-order valence-electron chi connectivity index (χ1n) is 5.24. The van der Waals surface area contributed by atoms with E-state index in [-0.39, 0.29) is 23.6 Å². The fourth-order valence-electron chi connectivity index (χ4n) is 1.57. The van der Waals surface area contributed by atoms with Crippen LogP contribution in [0.1, 0.15) is 12.5 Å². The Labute approximate surface area is 105 Å². The third-order valence-electron chi connectivity index (χ3n) is 2.24. The number of benzene rings is 1. The van der Waals surface area contributed by atoms with Crippen LogP contribution in [0.5, 0.6) is 5.75 Å². The van der Waals surface area contributed by atoms with E-state index in [2.05, 4.69) is 5.32 Å². The molecule has 1 amide bonds. The van der Waals surface area contributed by atoms with Gasteiger partial charge in [0.05, 0.1) is 7.11 Å². The van der Waals surface area contributed by atoms with E-state index in [4.69, 9.17) is 16.3 Å². The monoisotopic (exact) mass is 259 g/mol. The zero-order chi connectivity index (χ0) is 12.8. The predicted molar refractivity (Wildman–Crippen MR) is 65.0 cm³/mol. The van der Waals surface area contributed by atoms with Gasteiger partial charge < -0.3 is 10.1 Å². The number of halogens is 2. The Morgan fingerprint density at radius 3 is 2.82 bits per heavy atom. The van der Waals surface area contributed by atoms with Gasteiger partial charge in [0.1, 0.15) is 17.4 Å². The maximum absolute atomic E-state index is 13.2. The van der Waals surface area contributed by atoms with Gasteiger partial charge in [0.2, 0.25) is 5.91 Å². The summed E-state index contributed by atoms with van der Waals surface area (Å²) in [6.07, 6.45) is 0.525. The Kier molecular flexibility index (Phi) is 5.22. The van der Waals surface area contributed by atoms with Crippen molar-refractivity contribution in [2.75, 3.05) is 13.0 Å². The Hall–Kier alpha value is -1.29. The van der Waals surface area contributed by atoms with E-state index in [1.54, 1.807) is 6.07 Å². The molecule has 1 rings (SSSR count). The van der Waals surface area contributed by atoms with Crippen molar-refractivity contribution in [3.63, 3.8) is 0 Å². The number of hydrogen-bond acceptors (Lipinski definition) is 2. The number of rotatable bonds is 5. The van der Waals surface area contributed by atoms with Crippen LogP contribution in [0.3, 0.4) is 0 Å². The Morgan fingerprint density at radius 1 is 1.53 bits per heavy atom. The molecule has 1 atom stereocenters. The van der Waals surface area contributed by atoms with E-state index < -0.39 is 0 Å². The summed E-state index contributed by atoms with van der Waals surface area (Å²) in [5, 5.41) is 2.70. The standard InChI is InChI=1S/C12H15ClFNO2/c1-8(15-12(16)7-13)3-9-4-10(14)6-11(5-9)17-2/h4-6,8H,3,7H2,1-2H3,(H,15,16). The normalized spacial score (nSPS) is 12.0. The van der Waals surface area contributed by atoms with Crippen LogP contribution in [0.25, 0.3) is 0 Å². The highest BCUT2D eigenvalue weighted by molar-refractivity contribution is 6.27. The highest BCUT2D eigenvalue weighted by atomic mass is 35.5. The highest BCUT2D eigenvalue weighted by Gasteiger charge is 2.09. The van der Waals surface area contributed by atoms with Gasteiger partial charge in [-0.05, 0) is 31.0 Å². The summed E-state index contributed by atoms with van der Waals surface area (Å²) in [7, 11) is 1.48. The molecule has 0 bridgehead atoms. The van der Waals surface area contributed by atoms with Crippen molar-refractivity contribution < 1.29 is 13.9 Å². The molecule has 0 aliphatic heterocycles. The largest absolute Gasteiger partial charge is 0.497 e. The summed E-state index contributed by atoms with van der Waals surface area (Å²) in [6, 6.07) is 4.37. The molecule has 0 aliphatic rings. The van der Waals surface area contributed by atoms with Gasteiger partial charge in [-0.25, -0.2) is 4.39 Å². The Balaban J connectivity index is 2.67. The van der Waals surface area contributed by atoms with Crippen LogP contribution in [0.4, 0.5) is 4.39 Å². The fraction of sp³-hybridized carbons (Fsp3) is 0.417. The number of hydrogen-bond donors (Lipinski definition) is 1. The van der Waals surface area contributed by atoms with Gasteiger partial charge in [-0.15, -0.1) is 11.6 Å². The molecule has 0 saturated heterocycles. The summed E-state index contributed by atoms with van der Waals surface area (Å²) >= 11 is 5.38. The van der Waals surface area contributed by atoms with E-state index in [1.165, 1.54) is 19.2 Å². The first kappa shape index (κ1) is 13.8. The molecule has 0 fully saturated rings. The van der Waals surface area contributed by atoms with E-state index in [1.807, 2.05) is 6.92 Å². The number of ether oxygens (including phenoxy) is 1. The van der Waals surface area contributed by atoms with Crippen LogP contribution >= 0.6 is 11.6 Å². The lowest BCUT2D eigenvalue weighted by Gasteiger charge is -2.13. The lowest BCUT2D eigenvalue weighted by molar-refractivity contribution is -0.119. The van der Waals surface area contributed by atoms with Crippen LogP contribution in [0.15, 0.2) is 18.2 Å². The van der Waals surface area contributed by atoms with Crippen molar-refractivity contribution in [1.29, 1.82) is 0 Å². The molecule has 0 aromatic heterocycles. The molecule has 1 unspecified atom stereocenters. The van der Waals surface area contributed by atoms with Gasteiger partial charge in [-0.2, -0.15) is 0 Å². The van der Waals surface area contributed by atoms with Crippen LogP contribution in [-0.2, 0) is 11.2 Å². The van der Waals surface area contributed by atoms with E-state index in [9.17, 15) is 9.18 Å². The van der Waals surface area contributed by atoms with Crippen LogP contribution < -0.4 is 10.1 Å². The van der Waals surface area contributed by atoms with Crippen molar-refractivity contribution in [3.8, 4) is 5.75 Å². The third-order valence-corrected chi connectivity index (χ3v) is 2.48. The zero-order valence-electron chi connectivity index (χ0n) is 9.80. The topological polar surface area (TPSA) is 38.3 Å². The minimum atomic E-state index is -0.352. The van der Waals surface area contributed by atoms with Crippen molar-refractivity contribution >= 4 is 17.5 Å². The summed E-state index contributed by atoms with van der Waals surface area (Å²) < 4.78 is 18.2. The molecule has 94 valence electrons. The summed E-state index contributed by atoms with van der Waals surface area (Å²) in [6.45, 7) is 1.84. The highest BCUT2D eigenvalue weighted by Crippen LogP contribution is 2.17. The fourth-order valence-corrected chi connectivity index (χ4v) is 1.65. The van der Waals surface area contributed by atoms with Crippen LogP contribution in [0.2, 0.25) is 0 Å². The first-order valence-corrected chi connectivity index (χ1v) is 5.77. The Morgan fingerprint density at radius 2 is 2.24 bits per heavy atom. The average molecular weight is 260 g/mol. The smallest absolute Gasteiger partial charge is 0.235 e. The number of amides is 1. The molecule has 0 spiro atoms. The first-order chi connectivity index (χ1) is 8.05. The minimum Gasteiger partial charge on any atom is -0.497 e. The second-order valence-corrected chi connectivity index (χ2v) is 4.07. The molecule has 0 heterocycles. The second-order valence-electron chi connectivity index (χ2n) is 3.81. The Bertz CT molecular complexity index is 398. The molecule has 17 heavy (non-hydrogen) atoms. The second kappa shape index (κ2) is 6.45. The summed E-state index contributed by atoms with van der Waals surface area (Å²) in [5.74, 6) is -0.190. The van der Waals surface area contributed by atoms with Crippen molar-refractivity contribution in [2.45, 2.75) is 19.4 Å². The number of nitrogens with one attached hydrogen (secondary N) is 1. The lowest BCUT2D eigenvalue weighted by Crippen LogP contribution is -2.34. The van der Waals surface area contributed by atoms with Crippen LogP contribution in [-0.4, -0.2) is 24.9 Å². The number of carbonyl (C=O) groups excluding carboxylic acids is 1. The van der Waals surface area contributed by atoms with E-state index in [0.717, 1.165) is 5.56 Å². The van der Waals surface area contributed by atoms with Gasteiger partial charge in [-0.3, -0.25) is 4.79 Å². The molecule has 0 radical (unpaired) electrons. The van der Waals surface area contributed by atoms with Crippen molar-refractivity contribution in [1.82, 2.24) is 5.32 Å². The van der Waals surface area contributed by atoms with Crippen molar-refractivity contribution in [2.24, 2.45) is 0 Å². The molecule has 1 N–H and O–H groups in total. The van der Waals surface area contributed by atoms with Crippen molar-refractivity contribution in [3.05, 3.63) is 29.6 Å². The number of carbonyl (C=O) groups is 1. The summed E-state index contributed by atoms with van der Waals surface area (Å²) in [4.78, 5) is 11.1. The molecule has 1 aromatic carbocycles. The lowest BCUT2D eigenvalue weighted by atomic mass is 10.1. The van der Waals surface area contributed by atoms with Gasteiger partial charge in [-0.1, -0.05) is 0 Å². The van der Waals surface area contributed by atoms with Gasteiger partial charge in [0, 0.05) is 12.1 Å². The SMILES string of the molecule is COc1cc(F)cc(CC(C)NC(=O)CCl)c1. The molecular weight excluding hydrogens is 245 g/mol. The maximum atomic E-state index is 13.2. The van der Waals surface area contributed by atoms with Gasteiger partial charge in [0.15, 0.2) is 0 Å².